The predicted octanol–water partition coefficient (Wildman–Crippen LogP) is 6.26. The van der Waals surface area contributed by atoms with Crippen molar-refractivity contribution in [3.05, 3.63) is 0 Å². The van der Waals surface area contributed by atoms with Gasteiger partial charge in [0.1, 0.15) is 13.5 Å². The fourth-order valence-electron chi connectivity index (χ4n) is 4.35. The van der Waals surface area contributed by atoms with E-state index in [-0.39, 0.29) is 5.54 Å². The summed E-state index contributed by atoms with van der Waals surface area (Å²) in [5, 5.41) is 0. The standard InChI is InChI=1S/C22H43NO2/c1-2-3-4-5-6-7-8-9-10-11-12-13-14-15-16-17-22-18-24-20-23(22)21-25-19-22/h2-21H2,1H3. The van der Waals surface area contributed by atoms with Crippen molar-refractivity contribution in [1.29, 1.82) is 0 Å². The highest BCUT2D eigenvalue weighted by atomic mass is 16.6. The monoisotopic (exact) mass is 353 g/mol. The Labute approximate surface area is 156 Å². The van der Waals surface area contributed by atoms with E-state index in [4.69, 9.17) is 9.47 Å². The molecule has 0 spiro atoms. The summed E-state index contributed by atoms with van der Waals surface area (Å²) in [5.41, 5.74) is 0.233. The minimum atomic E-state index is 0.233. The third kappa shape index (κ3) is 7.97. The van der Waals surface area contributed by atoms with E-state index in [1.54, 1.807) is 0 Å². The van der Waals surface area contributed by atoms with Crippen LogP contribution < -0.4 is 0 Å². The van der Waals surface area contributed by atoms with Gasteiger partial charge in [-0.1, -0.05) is 103 Å². The number of unbranched alkanes of at least 4 members (excludes halogenated alkanes) is 14. The van der Waals surface area contributed by atoms with Gasteiger partial charge in [-0.15, -0.1) is 0 Å². The van der Waals surface area contributed by atoms with E-state index in [0.29, 0.717) is 0 Å². The molecule has 0 aliphatic carbocycles. The molecule has 3 nitrogen and oxygen atoms in total. The lowest BCUT2D eigenvalue weighted by molar-refractivity contribution is 0.0695. The Kier molecular flexibility index (Phi) is 11.1. The molecule has 2 rings (SSSR count). The molecule has 0 aromatic rings. The number of hydrogen-bond acceptors (Lipinski definition) is 3. The molecule has 25 heavy (non-hydrogen) atoms. The van der Waals surface area contributed by atoms with Crippen molar-refractivity contribution in [2.24, 2.45) is 0 Å². The van der Waals surface area contributed by atoms with Crippen LogP contribution in [0, 0.1) is 0 Å². The van der Waals surface area contributed by atoms with Crippen LogP contribution in [0.5, 0.6) is 0 Å². The zero-order valence-electron chi connectivity index (χ0n) is 16.9. The molecule has 148 valence electrons. The molecule has 2 heterocycles. The number of rotatable bonds is 16. The smallest absolute Gasteiger partial charge is 0.101 e. The molecule has 0 N–H and O–H groups in total. The summed E-state index contributed by atoms with van der Waals surface area (Å²) in [5.74, 6) is 0. The van der Waals surface area contributed by atoms with Crippen LogP contribution in [0.2, 0.25) is 0 Å². The number of nitrogens with zero attached hydrogens (tertiary/aromatic N) is 1. The molecular formula is C22H43NO2. The van der Waals surface area contributed by atoms with E-state index in [0.717, 1.165) is 26.7 Å². The van der Waals surface area contributed by atoms with Crippen LogP contribution in [0.15, 0.2) is 0 Å². The predicted molar refractivity (Wildman–Crippen MR) is 106 cm³/mol. The highest BCUT2D eigenvalue weighted by molar-refractivity contribution is 4.95. The van der Waals surface area contributed by atoms with Gasteiger partial charge in [0.15, 0.2) is 0 Å². The summed E-state index contributed by atoms with van der Waals surface area (Å²) in [4.78, 5) is 2.39. The first-order chi connectivity index (χ1) is 12.4. The lowest BCUT2D eigenvalue weighted by atomic mass is 9.93. The first kappa shape index (κ1) is 21.2. The second kappa shape index (κ2) is 13.1. The molecule has 0 aromatic heterocycles. The molecule has 0 radical (unpaired) electrons. The highest BCUT2D eigenvalue weighted by Crippen LogP contribution is 2.33. The van der Waals surface area contributed by atoms with Gasteiger partial charge in [-0.2, -0.15) is 0 Å². The molecule has 2 aliphatic rings. The molecule has 3 heteroatoms. The van der Waals surface area contributed by atoms with Crippen molar-refractivity contribution < 1.29 is 9.47 Å². The zero-order valence-corrected chi connectivity index (χ0v) is 16.9. The molecule has 0 atom stereocenters. The maximum Gasteiger partial charge on any atom is 0.101 e. The second-order valence-corrected chi connectivity index (χ2v) is 8.42. The fraction of sp³-hybridized carbons (Fsp3) is 1.00. The van der Waals surface area contributed by atoms with Gasteiger partial charge in [0.2, 0.25) is 0 Å². The van der Waals surface area contributed by atoms with Gasteiger partial charge in [-0.3, -0.25) is 0 Å². The molecule has 0 amide bonds. The lowest BCUT2D eigenvalue weighted by Crippen LogP contribution is -2.42. The Morgan fingerprint density at radius 2 is 1.00 bits per heavy atom. The minimum absolute atomic E-state index is 0.233. The molecular weight excluding hydrogens is 310 g/mol. The van der Waals surface area contributed by atoms with Crippen LogP contribution >= 0.6 is 0 Å². The van der Waals surface area contributed by atoms with E-state index in [1.807, 2.05) is 0 Å². The third-order valence-corrected chi connectivity index (χ3v) is 6.15. The van der Waals surface area contributed by atoms with Crippen LogP contribution in [0.25, 0.3) is 0 Å². The van der Waals surface area contributed by atoms with Crippen molar-refractivity contribution in [3.8, 4) is 0 Å². The van der Waals surface area contributed by atoms with Crippen molar-refractivity contribution in [1.82, 2.24) is 4.90 Å². The first-order valence-electron chi connectivity index (χ1n) is 11.3. The van der Waals surface area contributed by atoms with E-state index in [2.05, 4.69) is 11.8 Å². The Hall–Kier alpha value is -0.120. The van der Waals surface area contributed by atoms with Gasteiger partial charge in [0.05, 0.1) is 18.8 Å². The summed E-state index contributed by atoms with van der Waals surface area (Å²) in [7, 11) is 0. The fourth-order valence-corrected chi connectivity index (χ4v) is 4.35. The first-order valence-corrected chi connectivity index (χ1v) is 11.3. The van der Waals surface area contributed by atoms with Gasteiger partial charge in [-0.25, -0.2) is 4.90 Å². The maximum atomic E-state index is 5.64. The molecule has 2 saturated heterocycles. The van der Waals surface area contributed by atoms with Gasteiger partial charge in [0.25, 0.3) is 0 Å². The van der Waals surface area contributed by atoms with Gasteiger partial charge in [0, 0.05) is 0 Å². The summed E-state index contributed by atoms with van der Waals surface area (Å²) in [6.07, 6.45) is 22.8. The quantitative estimate of drug-likeness (QED) is 0.305. The minimum Gasteiger partial charge on any atom is -0.364 e. The Morgan fingerprint density at radius 3 is 1.44 bits per heavy atom. The van der Waals surface area contributed by atoms with E-state index in [9.17, 15) is 0 Å². The number of ether oxygens (including phenoxy) is 2. The average molecular weight is 354 g/mol. The second-order valence-electron chi connectivity index (χ2n) is 8.42. The van der Waals surface area contributed by atoms with Gasteiger partial charge < -0.3 is 9.47 Å². The van der Waals surface area contributed by atoms with Gasteiger partial charge >= 0.3 is 0 Å². The summed E-state index contributed by atoms with van der Waals surface area (Å²) < 4.78 is 11.3. The molecule has 0 unspecified atom stereocenters. The van der Waals surface area contributed by atoms with Crippen LogP contribution in [0.4, 0.5) is 0 Å². The third-order valence-electron chi connectivity index (χ3n) is 6.15. The number of fused-ring (bicyclic) bond motifs is 1. The molecule has 0 saturated carbocycles. The Bertz CT molecular complexity index is 311. The van der Waals surface area contributed by atoms with Crippen LogP contribution in [-0.4, -0.2) is 37.1 Å². The summed E-state index contributed by atoms with van der Waals surface area (Å²) in [6, 6.07) is 0. The topological polar surface area (TPSA) is 21.7 Å². The van der Waals surface area contributed by atoms with E-state index < -0.39 is 0 Å². The average Bonchev–Trinajstić information content (AvgIpc) is 3.18. The van der Waals surface area contributed by atoms with Crippen molar-refractivity contribution in [2.45, 2.75) is 115 Å². The zero-order chi connectivity index (χ0) is 17.6. The SMILES string of the molecule is CCCCCCCCCCCCCCCCCC12COCN1COC2. The van der Waals surface area contributed by atoms with E-state index in [1.165, 1.54) is 103 Å². The lowest BCUT2D eigenvalue weighted by Gasteiger charge is -2.27. The van der Waals surface area contributed by atoms with Crippen LogP contribution in [-0.2, 0) is 9.47 Å². The van der Waals surface area contributed by atoms with Crippen molar-refractivity contribution >= 4 is 0 Å². The van der Waals surface area contributed by atoms with E-state index >= 15 is 0 Å². The van der Waals surface area contributed by atoms with Crippen LogP contribution in [0.1, 0.15) is 110 Å². The Morgan fingerprint density at radius 1 is 0.600 bits per heavy atom. The van der Waals surface area contributed by atoms with Gasteiger partial charge in [-0.05, 0) is 6.42 Å². The molecule has 2 aliphatic heterocycles. The molecule has 0 aromatic carbocycles. The Balaban J connectivity index is 1.29. The highest BCUT2D eigenvalue weighted by Gasteiger charge is 2.45. The van der Waals surface area contributed by atoms with Crippen molar-refractivity contribution in [3.63, 3.8) is 0 Å². The maximum absolute atomic E-state index is 5.64. The molecule has 2 fully saturated rings. The number of hydrogen-bond donors (Lipinski definition) is 0. The summed E-state index contributed by atoms with van der Waals surface area (Å²) >= 11 is 0. The van der Waals surface area contributed by atoms with Crippen molar-refractivity contribution in [2.75, 3.05) is 26.7 Å². The largest absolute Gasteiger partial charge is 0.364 e. The summed E-state index contributed by atoms with van der Waals surface area (Å²) in [6.45, 7) is 5.61. The molecule has 0 bridgehead atoms. The van der Waals surface area contributed by atoms with Crippen LogP contribution in [0.3, 0.4) is 0 Å². The normalized spacial score (nSPS) is 19.6.